The molecule has 0 aliphatic heterocycles. The quantitative estimate of drug-likeness (QED) is 0.359. The molecule has 1 amide bonds. The van der Waals surface area contributed by atoms with Gasteiger partial charge in [0.05, 0.1) is 26.1 Å². The number of hydrazone groups is 1. The van der Waals surface area contributed by atoms with Crippen LogP contribution in [0.25, 0.3) is 22.0 Å². The molecule has 0 bridgehead atoms. The Bertz CT molecular complexity index is 1350. The Balaban J connectivity index is 1.37. The Labute approximate surface area is 185 Å². The average Bonchev–Trinajstić information content (AvgIpc) is 3.48. The highest BCUT2D eigenvalue weighted by Gasteiger charge is 2.18. The van der Waals surface area contributed by atoms with Gasteiger partial charge in [0.25, 0.3) is 5.91 Å². The fraction of sp³-hybridized carbons (Fsp3) is 0.160. The van der Waals surface area contributed by atoms with Crippen molar-refractivity contribution in [2.45, 2.75) is 12.8 Å². The van der Waals surface area contributed by atoms with E-state index >= 15 is 0 Å². The first-order valence-electron chi connectivity index (χ1n) is 10.3. The van der Waals surface area contributed by atoms with E-state index in [1.165, 1.54) is 28.1 Å². The van der Waals surface area contributed by atoms with Crippen molar-refractivity contribution in [1.82, 2.24) is 15.6 Å². The number of hydrogen-bond donors (Lipinski definition) is 2. The monoisotopic (exact) mass is 426 g/mol. The summed E-state index contributed by atoms with van der Waals surface area (Å²) < 4.78 is 10.7. The molecule has 0 saturated carbocycles. The molecule has 3 aromatic carbocycles. The van der Waals surface area contributed by atoms with Crippen LogP contribution in [0.15, 0.2) is 59.7 Å². The maximum atomic E-state index is 12.6. The molecule has 4 aromatic rings. The summed E-state index contributed by atoms with van der Waals surface area (Å²) in [5.41, 5.74) is 8.02. The second-order valence-corrected chi connectivity index (χ2v) is 7.56. The number of hydrogen-bond acceptors (Lipinski definition) is 5. The van der Waals surface area contributed by atoms with Gasteiger partial charge >= 0.3 is 0 Å². The summed E-state index contributed by atoms with van der Waals surface area (Å²) in [6.07, 6.45) is 3.65. The molecule has 0 unspecified atom stereocenters. The van der Waals surface area contributed by atoms with Crippen LogP contribution in [0.1, 0.15) is 27.2 Å². The van der Waals surface area contributed by atoms with Gasteiger partial charge in [0, 0.05) is 11.1 Å². The van der Waals surface area contributed by atoms with Crippen molar-refractivity contribution in [2.24, 2.45) is 5.10 Å². The van der Waals surface area contributed by atoms with Gasteiger partial charge in [-0.3, -0.25) is 9.89 Å². The molecule has 32 heavy (non-hydrogen) atoms. The van der Waals surface area contributed by atoms with E-state index in [9.17, 15) is 4.79 Å². The van der Waals surface area contributed by atoms with E-state index in [4.69, 9.17) is 9.47 Å². The SMILES string of the molecule is COc1cccc(/C=N\NC(=O)c2cc(-c3ccc4c5c(cccc35)CC4)n[nH]2)c1OC. The van der Waals surface area contributed by atoms with Crippen molar-refractivity contribution < 1.29 is 14.3 Å². The number of aromatic amines is 1. The summed E-state index contributed by atoms with van der Waals surface area (Å²) in [6.45, 7) is 0. The minimum Gasteiger partial charge on any atom is -0.493 e. The highest BCUT2D eigenvalue weighted by atomic mass is 16.5. The molecule has 160 valence electrons. The normalized spacial score (nSPS) is 12.4. The zero-order valence-corrected chi connectivity index (χ0v) is 17.8. The van der Waals surface area contributed by atoms with Gasteiger partial charge in [-0.25, -0.2) is 5.43 Å². The highest BCUT2D eigenvalue weighted by Crippen LogP contribution is 2.36. The van der Waals surface area contributed by atoms with Gasteiger partial charge in [0.2, 0.25) is 0 Å². The van der Waals surface area contributed by atoms with Crippen molar-refractivity contribution in [3.63, 3.8) is 0 Å². The van der Waals surface area contributed by atoms with Crippen LogP contribution in [0.5, 0.6) is 11.5 Å². The van der Waals surface area contributed by atoms with Crippen LogP contribution in [0.2, 0.25) is 0 Å². The molecule has 0 atom stereocenters. The van der Waals surface area contributed by atoms with Gasteiger partial charge in [-0.2, -0.15) is 10.2 Å². The fourth-order valence-corrected chi connectivity index (χ4v) is 4.28. The Kier molecular flexibility index (Phi) is 5.07. The van der Waals surface area contributed by atoms with Crippen LogP contribution in [-0.4, -0.2) is 36.5 Å². The van der Waals surface area contributed by atoms with Crippen molar-refractivity contribution in [3.8, 4) is 22.8 Å². The minimum absolute atomic E-state index is 0.331. The smallest absolute Gasteiger partial charge is 0.289 e. The first-order chi connectivity index (χ1) is 15.7. The van der Waals surface area contributed by atoms with Gasteiger partial charge in [-0.1, -0.05) is 36.4 Å². The predicted molar refractivity (Wildman–Crippen MR) is 124 cm³/mol. The number of nitrogens with one attached hydrogen (secondary N) is 2. The summed E-state index contributed by atoms with van der Waals surface area (Å²) in [7, 11) is 3.12. The third-order valence-electron chi connectivity index (χ3n) is 5.78. The molecule has 5 rings (SSSR count). The van der Waals surface area contributed by atoms with E-state index in [1.54, 1.807) is 26.4 Å². The van der Waals surface area contributed by atoms with E-state index < -0.39 is 0 Å². The Morgan fingerprint density at radius 3 is 2.69 bits per heavy atom. The summed E-state index contributed by atoms with van der Waals surface area (Å²) in [5, 5.41) is 13.7. The molecule has 7 nitrogen and oxygen atoms in total. The molecular weight excluding hydrogens is 404 g/mol. The Morgan fingerprint density at radius 2 is 1.88 bits per heavy atom. The average molecular weight is 426 g/mol. The van der Waals surface area contributed by atoms with Crippen molar-refractivity contribution in [1.29, 1.82) is 0 Å². The van der Waals surface area contributed by atoms with Crippen LogP contribution < -0.4 is 14.9 Å². The molecule has 0 spiro atoms. The van der Waals surface area contributed by atoms with Crippen molar-refractivity contribution >= 4 is 22.9 Å². The van der Waals surface area contributed by atoms with Crippen molar-refractivity contribution in [2.75, 3.05) is 14.2 Å². The Hall–Kier alpha value is -4.13. The summed E-state index contributed by atoms with van der Waals surface area (Å²) >= 11 is 0. The predicted octanol–water partition coefficient (Wildman–Crippen LogP) is 4.11. The molecule has 2 N–H and O–H groups in total. The molecule has 0 saturated heterocycles. The number of nitrogens with zero attached hydrogens (tertiary/aromatic N) is 2. The number of ether oxygens (including phenoxy) is 2. The van der Waals surface area contributed by atoms with Crippen LogP contribution in [0.4, 0.5) is 0 Å². The Morgan fingerprint density at radius 1 is 1.06 bits per heavy atom. The van der Waals surface area contributed by atoms with Gasteiger partial charge in [0.1, 0.15) is 5.69 Å². The molecule has 1 aliphatic carbocycles. The van der Waals surface area contributed by atoms with Gasteiger partial charge < -0.3 is 9.47 Å². The molecule has 7 heteroatoms. The second-order valence-electron chi connectivity index (χ2n) is 7.56. The van der Waals surface area contributed by atoms with Crippen LogP contribution >= 0.6 is 0 Å². The lowest BCUT2D eigenvalue weighted by Crippen LogP contribution is -2.18. The number of carbonyl (C=O) groups excluding carboxylic acids is 1. The van der Waals surface area contributed by atoms with Crippen LogP contribution in [0.3, 0.4) is 0 Å². The highest BCUT2D eigenvalue weighted by molar-refractivity contribution is 6.02. The standard InChI is InChI=1S/C25H22N4O3/c1-31-22-8-4-6-17(24(22)32-2)14-26-29-25(30)21-13-20(27-28-21)18-12-11-16-10-9-15-5-3-7-19(18)23(15)16/h3-8,11-14H,9-10H2,1-2H3,(H,27,28)(H,29,30)/b26-14-. The number of benzene rings is 3. The number of methoxy groups -OCH3 is 2. The van der Waals surface area contributed by atoms with E-state index in [2.05, 4.69) is 51.1 Å². The van der Waals surface area contributed by atoms with E-state index in [0.29, 0.717) is 22.8 Å². The first kappa shape index (κ1) is 19.8. The second kappa shape index (κ2) is 8.19. The number of rotatable bonds is 6. The van der Waals surface area contributed by atoms with E-state index in [1.807, 2.05) is 12.1 Å². The third kappa shape index (κ3) is 3.37. The van der Waals surface area contributed by atoms with Crippen LogP contribution in [-0.2, 0) is 12.8 Å². The zero-order valence-electron chi connectivity index (χ0n) is 17.8. The topological polar surface area (TPSA) is 88.6 Å². The number of H-pyrrole nitrogens is 1. The van der Waals surface area contributed by atoms with Crippen molar-refractivity contribution in [3.05, 3.63) is 77.0 Å². The molecular formula is C25H22N4O3. The van der Waals surface area contributed by atoms with Crippen LogP contribution in [0, 0.1) is 0 Å². The summed E-state index contributed by atoms with van der Waals surface area (Å²) in [4.78, 5) is 12.6. The number of aromatic nitrogens is 2. The zero-order chi connectivity index (χ0) is 22.1. The number of carbonyl (C=O) groups is 1. The summed E-state index contributed by atoms with van der Waals surface area (Å²) in [5.74, 6) is 0.753. The largest absolute Gasteiger partial charge is 0.493 e. The molecule has 1 aliphatic rings. The molecule has 1 heterocycles. The molecule has 0 radical (unpaired) electrons. The lowest BCUT2D eigenvalue weighted by atomic mass is 9.98. The van der Waals surface area contributed by atoms with Gasteiger partial charge in [0.15, 0.2) is 11.5 Å². The number of amides is 1. The maximum absolute atomic E-state index is 12.6. The third-order valence-corrected chi connectivity index (χ3v) is 5.78. The lowest BCUT2D eigenvalue weighted by molar-refractivity contribution is 0.0950. The number of para-hydroxylation sites is 1. The van der Waals surface area contributed by atoms with Gasteiger partial charge in [-0.15, -0.1) is 0 Å². The maximum Gasteiger partial charge on any atom is 0.289 e. The minimum atomic E-state index is -0.382. The molecule has 0 fully saturated rings. The fourth-order valence-electron chi connectivity index (χ4n) is 4.28. The molecule has 1 aromatic heterocycles. The summed E-state index contributed by atoms with van der Waals surface area (Å²) in [6, 6.07) is 17.8. The first-order valence-corrected chi connectivity index (χ1v) is 10.3. The van der Waals surface area contributed by atoms with Gasteiger partial charge in [-0.05, 0) is 52.9 Å². The van der Waals surface area contributed by atoms with E-state index in [0.717, 1.165) is 24.1 Å². The number of aryl methyl sites for hydroxylation is 2. The van der Waals surface area contributed by atoms with E-state index in [-0.39, 0.29) is 5.91 Å². The lowest BCUT2D eigenvalue weighted by Gasteiger charge is -2.09.